The fourth-order valence-electron chi connectivity index (χ4n) is 3.47. The molecule has 1 unspecified atom stereocenters. The third kappa shape index (κ3) is 4.69. The first-order valence-electron chi connectivity index (χ1n) is 10.1. The summed E-state index contributed by atoms with van der Waals surface area (Å²) in [6.07, 6.45) is 1.77. The molecule has 0 radical (unpaired) electrons. The highest BCUT2D eigenvalue weighted by Gasteiger charge is 2.30. The smallest absolute Gasteiger partial charge is 0.321 e. The summed E-state index contributed by atoms with van der Waals surface area (Å²) in [5, 5.41) is 5.69. The molecule has 9 nitrogen and oxygen atoms in total. The van der Waals surface area contributed by atoms with Crippen LogP contribution < -0.4 is 15.5 Å². The molecular weight excluding hydrogens is 406 g/mol. The number of amides is 3. The third-order valence-electron chi connectivity index (χ3n) is 5.31. The van der Waals surface area contributed by atoms with Crippen molar-refractivity contribution in [3.63, 3.8) is 0 Å². The molecule has 3 amide bonds. The molecule has 1 atom stereocenters. The van der Waals surface area contributed by atoms with Gasteiger partial charge in [0.25, 0.3) is 5.91 Å². The highest BCUT2D eigenvalue weighted by atomic mass is 32.1. The number of nitrogens with zero attached hydrogens (tertiary/aromatic N) is 3. The average Bonchev–Trinajstić information content (AvgIpc) is 3.02. The number of carbonyl (C=O) groups excluding carboxylic acids is 3. The van der Waals surface area contributed by atoms with Gasteiger partial charge in [-0.1, -0.05) is 0 Å². The maximum atomic E-state index is 12.5. The zero-order valence-corrected chi connectivity index (χ0v) is 18.5. The Balaban J connectivity index is 1.57. The Morgan fingerprint density at radius 2 is 1.97 bits per heavy atom. The maximum absolute atomic E-state index is 12.5. The third-order valence-corrected chi connectivity index (χ3v) is 6.42. The van der Waals surface area contributed by atoms with Crippen molar-refractivity contribution in [1.82, 2.24) is 20.6 Å². The zero-order valence-electron chi connectivity index (χ0n) is 17.7. The van der Waals surface area contributed by atoms with Crippen molar-refractivity contribution in [3.05, 3.63) is 16.8 Å². The number of esters is 1. The summed E-state index contributed by atoms with van der Waals surface area (Å²) in [5.41, 5.74) is 1.19. The molecule has 1 aliphatic rings. The number of hydrogen-bond acceptors (Lipinski definition) is 8. The molecule has 0 bridgehead atoms. The van der Waals surface area contributed by atoms with Crippen LogP contribution in [0.15, 0.2) is 6.33 Å². The molecule has 1 saturated heterocycles. The van der Waals surface area contributed by atoms with Gasteiger partial charge < -0.3 is 15.0 Å². The second-order valence-electron chi connectivity index (χ2n) is 7.35. The Morgan fingerprint density at radius 3 is 2.63 bits per heavy atom. The van der Waals surface area contributed by atoms with E-state index in [1.54, 1.807) is 24.6 Å². The molecule has 10 heteroatoms. The molecular formula is C20H27N5O4S. The Labute approximate surface area is 179 Å². The van der Waals surface area contributed by atoms with Crippen LogP contribution in [0, 0.1) is 19.8 Å². The largest absolute Gasteiger partial charge is 0.452 e. The molecule has 1 fully saturated rings. The Morgan fingerprint density at radius 1 is 1.27 bits per heavy atom. The van der Waals surface area contributed by atoms with Gasteiger partial charge in [0.15, 0.2) is 6.10 Å². The van der Waals surface area contributed by atoms with Crippen LogP contribution in [0.3, 0.4) is 0 Å². The van der Waals surface area contributed by atoms with Crippen LogP contribution in [-0.4, -0.2) is 53.6 Å². The maximum Gasteiger partial charge on any atom is 0.321 e. The summed E-state index contributed by atoms with van der Waals surface area (Å²) >= 11 is 1.66. The van der Waals surface area contributed by atoms with Crippen LogP contribution >= 0.6 is 11.3 Å². The number of hydrogen-bond donors (Lipinski definition) is 2. The topological polar surface area (TPSA) is 114 Å². The normalized spacial score (nSPS) is 15.7. The number of piperidine rings is 1. The fraction of sp³-hybridized carbons (Fsp3) is 0.550. The van der Waals surface area contributed by atoms with Gasteiger partial charge >= 0.3 is 12.0 Å². The molecule has 0 saturated carbocycles. The van der Waals surface area contributed by atoms with Crippen LogP contribution in [-0.2, 0) is 14.3 Å². The van der Waals surface area contributed by atoms with Gasteiger partial charge in [-0.15, -0.1) is 11.3 Å². The van der Waals surface area contributed by atoms with E-state index < -0.39 is 24.0 Å². The summed E-state index contributed by atoms with van der Waals surface area (Å²) in [7, 11) is 0. The van der Waals surface area contributed by atoms with Crippen LogP contribution in [0.5, 0.6) is 0 Å². The highest BCUT2D eigenvalue weighted by molar-refractivity contribution is 7.18. The van der Waals surface area contributed by atoms with E-state index in [0.29, 0.717) is 32.5 Å². The minimum absolute atomic E-state index is 0.288. The number of thiophene rings is 1. The van der Waals surface area contributed by atoms with Gasteiger partial charge in [0.1, 0.15) is 17.0 Å². The Hall–Kier alpha value is -2.75. The molecule has 3 rings (SSSR count). The number of urea groups is 1. The zero-order chi connectivity index (χ0) is 21.8. The predicted molar refractivity (Wildman–Crippen MR) is 115 cm³/mol. The quantitative estimate of drug-likeness (QED) is 0.696. The van der Waals surface area contributed by atoms with Gasteiger partial charge in [-0.05, 0) is 46.1 Å². The Bertz CT molecular complexity index is 952. The lowest BCUT2D eigenvalue weighted by atomic mass is 9.96. The van der Waals surface area contributed by atoms with E-state index >= 15 is 0 Å². The second-order valence-corrected chi connectivity index (χ2v) is 8.55. The number of fused-ring (bicyclic) bond motifs is 1. The summed E-state index contributed by atoms with van der Waals surface area (Å²) in [6, 6.07) is -0.603. The SMILES string of the molecule is CCNC(=O)NC(=O)C(C)OC(=O)C1CCN(c2ncnc3sc(C)c(C)c23)CC1. The number of carbonyl (C=O) groups is 3. The van der Waals surface area contributed by atoms with Gasteiger partial charge in [-0.3, -0.25) is 14.9 Å². The summed E-state index contributed by atoms with van der Waals surface area (Å²) < 4.78 is 5.29. The fourth-order valence-corrected chi connectivity index (χ4v) is 4.46. The van der Waals surface area contributed by atoms with Crippen LogP contribution in [0.2, 0.25) is 0 Å². The lowest BCUT2D eigenvalue weighted by Crippen LogP contribution is -2.45. The van der Waals surface area contributed by atoms with Crippen LogP contribution in [0.1, 0.15) is 37.1 Å². The number of imide groups is 1. The van der Waals surface area contributed by atoms with Crippen molar-refractivity contribution in [2.24, 2.45) is 5.92 Å². The number of rotatable bonds is 5. The van der Waals surface area contributed by atoms with E-state index in [-0.39, 0.29) is 5.92 Å². The molecule has 162 valence electrons. The van der Waals surface area contributed by atoms with Gasteiger partial charge in [-0.2, -0.15) is 0 Å². The van der Waals surface area contributed by atoms with Crippen molar-refractivity contribution in [2.45, 2.75) is 46.6 Å². The molecule has 3 heterocycles. The lowest BCUT2D eigenvalue weighted by Gasteiger charge is -2.32. The Kier molecular flexibility index (Phi) is 6.86. The molecule has 0 aliphatic carbocycles. The molecule has 2 aromatic heterocycles. The number of nitrogens with one attached hydrogen (secondary N) is 2. The first-order valence-corrected chi connectivity index (χ1v) is 10.9. The second kappa shape index (κ2) is 9.38. The monoisotopic (exact) mass is 433 g/mol. The van der Waals surface area contributed by atoms with E-state index in [2.05, 4.69) is 39.3 Å². The average molecular weight is 434 g/mol. The summed E-state index contributed by atoms with van der Waals surface area (Å²) in [5.74, 6) is -0.436. The molecule has 30 heavy (non-hydrogen) atoms. The van der Waals surface area contributed by atoms with Crippen molar-refractivity contribution in [2.75, 3.05) is 24.5 Å². The van der Waals surface area contributed by atoms with Crippen molar-refractivity contribution in [3.8, 4) is 0 Å². The highest BCUT2D eigenvalue weighted by Crippen LogP contribution is 2.35. The van der Waals surface area contributed by atoms with Crippen molar-refractivity contribution < 1.29 is 19.1 Å². The van der Waals surface area contributed by atoms with E-state index in [1.807, 2.05) is 0 Å². The van der Waals surface area contributed by atoms with E-state index in [0.717, 1.165) is 16.0 Å². The number of aryl methyl sites for hydroxylation is 2. The van der Waals surface area contributed by atoms with Gasteiger partial charge in [0.05, 0.1) is 11.3 Å². The molecule has 0 aromatic carbocycles. The summed E-state index contributed by atoms with van der Waals surface area (Å²) in [6.45, 7) is 9.09. The van der Waals surface area contributed by atoms with Gasteiger partial charge in [-0.25, -0.2) is 14.8 Å². The minimum Gasteiger partial charge on any atom is -0.452 e. The minimum atomic E-state index is -1.03. The molecule has 2 N–H and O–H groups in total. The predicted octanol–water partition coefficient (Wildman–Crippen LogP) is 2.30. The number of anilines is 1. The first kappa shape index (κ1) is 21.9. The summed E-state index contributed by atoms with van der Waals surface area (Å²) in [4.78, 5) is 49.2. The molecule has 0 spiro atoms. The number of aromatic nitrogens is 2. The van der Waals surface area contributed by atoms with Crippen LogP contribution in [0.25, 0.3) is 10.2 Å². The van der Waals surface area contributed by atoms with Gasteiger partial charge in [0, 0.05) is 24.5 Å². The molecule has 1 aliphatic heterocycles. The van der Waals surface area contributed by atoms with E-state index in [1.165, 1.54) is 17.4 Å². The van der Waals surface area contributed by atoms with Crippen LogP contribution in [0.4, 0.5) is 10.6 Å². The van der Waals surface area contributed by atoms with E-state index in [4.69, 9.17) is 4.74 Å². The standard InChI is InChI=1S/C20H27N5O4S/c1-5-21-20(28)24-17(26)12(3)29-19(27)14-6-8-25(9-7-14)16-15-11(2)13(4)30-18(15)23-10-22-16/h10,12,14H,5-9H2,1-4H3,(H2,21,24,26,28). The van der Waals surface area contributed by atoms with Crippen molar-refractivity contribution in [1.29, 1.82) is 0 Å². The van der Waals surface area contributed by atoms with E-state index in [9.17, 15) is 14.4 Å². The number of ether oxygens (including phenoxy) is 1. The van der Waals surface area contributed by atoms with Gasteiger partial charge in [0.2, 0.25) is 0 Å². The molecule has 2 aromatic rings. The first-order chi connectivity index (χ1) is 14.3. The lowest BCUT2D eigenvalue weighted by molar-refractivity contribution is -0.159. The van der Waals surface area contributed by atoms with Crippen molar-refractivity contribution >= 4 is 45.3 Å².